The smallest absolute Gasteiger partial charge is 0.160 e. The van der Waals surface area contributed by atoms with Crippen LogP contribution in [-0.2, 0) is 13.0 Å². The molecule has 0 aliphatic carbocycles. The zero-order valence-electron chi connectivity index (χ0n) is 11.4. The van der Waals surface area contributed by atoms with Crippen molar-refractivity contribution < 1.29 is 4.52 Å². The molecule has 3 rings (SSSR count). The van der Waals surface area contributed by atoms with Crippen LogP contribution >= 0.6 is 11.6 Å². The van der Waals surface area contributed by atoms with Crippen LogP contribution in [0.15, 0.2) is 22.9 Å². The number of hydrogen-bond donors (Lipinski definition) is 0. The van der Waals surface area contributed by atoms with Crippen LogP contribution in [0.5, 0.6) is 0 Å². The Hall–Kier alpha value is -1.88. The molecule has 104 valence electrons. The normalized spacial score (nSPS) is 11.3. The maximum atomic E-state index is 5.86. The van der Waals surface area contributed by atoms with Crippen LogP contribution in [-0.4, -0.2) is 25.6 Å². The fourth-order valence-electron chi connectivity index (χ4n) is 2.25. The van der Waals surface area contributed by atoms with Gasteiger partial charge in [0.05, 0.1) is 12.2 Å². The highest BCUT2D eigenvalue weighted by molar-refractivity contribution is 6.17. The molecule has 0 aliphatic heterocycles. The van der Waals surface area contributed by atoms with E-state index in [9.17, 15) is 0 Å². The van der Waals surface area contributed by atoms with Gasteiger partial charge in [-0.2, -0.15) is 0 Å². The average molecular weight is 291 g/mol. The van der Waals surface area contributed by atoms with Crippen LogP contribution in [0.4, 0.5) is 0 Å². The van der Waals surface area contributed by atoms with Crippen LogP contribution in [0, 0.1) is 13.8 Å². The van der Waals surface area contributed by atoms with Crippen LogP contribution in [0.1, 0.15) is 22.8 Å². The fraction of sp³-hybridized carbons (Fsp3) is 0.357. The topological polar surface area (TPSA) is 56.7 Å². The van der Waals surface area contributed by atoms with Crippen molar-refractivity contribution in [3.8, 4) is 0 Å². The van der Waals surface area contributed by atoms with Gasteiger partial charge in [-0.05, 0) is 25.5 Å². The quantitative estimate of drug-likeness (QED) is 0.693. The van der Waals surface area contributed by atoms with Gasteiger partial charge in [-0.3, -0.25) is 0 Å². The van der Waals surface area contributed by atoms with Gasteiger partial charge in [0.1, 0.15) is 11.3 Å². The molecule has 20 heavy (non-hydrogen) atoms. The summed E-state index contributed by atoms with van der Waals surface area (Å²) in [5, 5.41) is 3.91. The van der Waals surface area contributed by atoms with E-state index in [2.05, 4.69) is 15.1 Å². The summed E-state index contributed by atoms with van der Waals surface area (Å²) in [5.74, 6) is 2.24. The first-order valence-corrected chi connectivity index (χ1v) is 7.01. The zero-order valence-corrected chi connectivity index (χ0v) is 12.2. The number of nitrogens with zero attached hydrogens (tertiary/aromatic N) is 4. The maximum absolute atomic E-state index is 5.86. The molecule has 0 bridgehead atoms. The molecule has 3 aromatic heterocycles. The van der Waals surface area contributed by atoms with Crippen LogP contribution in [0.25, 0.3) is 11.2 Å². The van der Waals surface area contributed by atoms with E-state index in [0.29, 0.717) is 18.8 Å². The Morgan fingerprint density at radius 3 is 2.85 bits per heavy atom. The van der Waals surface area contributed by atoms with Crippen LogP contribution < -0.4 is 0 Å². The Bertz CT molecular complexity index is 747. The van der Waals surface area contributed by atoms with Gasteiger partial charge in [0.15, 0.2) is 11.4 Å². The SMILES string of the molecule is Cc1cnc2c(c1)nc(CCCl)n2Cc1cc(C)no1. The molecular formula is C14H15ClN4O. The predicted octanol–water partition coefficient (Wildman–Crippen LogP) is 2.87. The lowest BCUT2D eigenvalue weighted by Crippen LogP contribution is -2.06. The third kappa shape index (κ3) is 2.41. The maximum Gasteiger partial charge on any atom is 0.160 e. The Labute approximate surface area is 121 Å². The molecule has 3 heterocycles. The highest BCUT2D eigenvalue weighted by Gasteiger charge is 2.14. The van der Waals surface area contributed by atoms with E-state index in [1.807, 2.05) is 36.7 Å². The van der Waals surface area contributed by atoms with Crippen molar-refractivity contribution >= 4 is 22.8 Å². The van der Waals surface area contributed by atoms with Gasteiger partial charge in [0, 0.05) is 24.6 Å². The minimum atomic E-state index is 0.526. The van der Waals surface area contributed by atoms with Gasteiger partial charge in [-0.25, -0.2) is 9.97 Å². The lowest BCUT2D eigenvalue weighted by Gasteiger charge is -2.05. The van der Waals surface area contributed by atoms with E-state index in [4.69, 9.17) is 16.1 Å². The van der Waals surface area contributed by atoms with Gasteiger partial charge in [-0.1, -0.05) is 5.16 Å². The summed E-state index contributed by atoms with van der Waals surface area (Å²) in [7, 11) is 0. The van der Waals surface area contributed by atoms with Crippen molar-refractivity contribution in [3.63, 3.8) is 0 Å². The first-order valence-electron chi connectivity index (χ1n) is 6.47. The van der Waals surface area contributed by atoms with E-state index < -0.39 is 0 Å². The van der Waals surface area contributed by atoms with Crippen molar-refractivity contribution in [2.45, 2.75) is 26.8 Å². The molecule has 0 unspecified atom stereocenters. The van der Waals surface area contributed by atoms with E-state index in [1.165, 1.54) is 0 Å². The number of fused-ring (bicyclic) bond motifs is 1. The third-order valence-electron chi connectivity index (χ3n) is 3.11. The Morgan fingerprint density at radius 2 is 2.15 bits per heavy atom. The van der Waals surface area contributed by atoms with Crippen molar-refractivity contribution in [3.05, 3.63) is 41.2 Å². The molecule has 0 spiro atoms. The van der Waals surface area contributed by atoms with E-state index in [0.717, 1.165) is 34.0 Å². The third-order valence-corrected chi connectivity index (χ3v) is 3.30. The number of imidazole rings is 1. The summed E-state index contributed by atoms with van der Waals surface area (Å²) < 4.78 is 7.32. The number of rotatable bonds is 4. The summed E-state index contributed by atoms with van der Waals surface area (Å²) in [5.41, 5.74) is 3.70. The second-order valence-electron chi connectivity index (χ2n) is 4.84. The number of aromatic nitrogens is 4. The zero-order chi connectivity index (χ0) is 14.1. The minimum Gasteiger partial charge on any atom is -0.359 e. The molecule has 5 nitrogen and oxygen atoms in total. The molecule has 3 aromatic rings. The van der Waals surface area contributed by atoms with Gasteiger partial charge in [0.25, 0.3) is 0 Å². The molecule has 0 aliphatic rings. The Morgan fingerprint density at radius 1 is 1.30 bits per heavy atom. The lowest BCUT2D eigenvalue weighted by atomic mass is 10.3. The number of pyridine rings is 1. The number of alkyl halides is 1. The fourth-order valence-corrected chi connectivity index (χ4v) is 2.42. The summed E-state index contributed by atoms with van der Waals surface area (Å²) in [6, 6.07) is 3.95. The molecular weight excluding hydrogens is 276 g/mol. The van der Waals surface area contributed by atoms with Gasteiger partial charge in [0.2, 0.25) is 0 Å². The number of aryl methyl sites for hydroxylation is 3. The standard InChI is InChI=1S/C14H15ClN4O/c1-9-5-12-14(16-7-9)19(13(17-12)3-4-15)8-11-6-10(2)18-20-11/h5-7H,3-4,8H2,1-2H3. The van der Waals surface area contributed by atoms with Gasteiger partial charge >= 0.3 is 0 Å². The molecule has 0 saturated carbocycles. The monoisotopic (exact) mass is 290 g/mol. The molecule has 0 atom stereocenters. The van der Waals surface area contributed by atoms with Gasteiger partial charge in [-0.15, -0.1) is 11.6 Å². The highest BCUT2D eigenvalue weighted by atomic mass is 35.5. The van der Waals surface area contributed by atoms with Gasteiger partial charge < -0.3 is 9.09 Å². The average Bonchev–Trinajstić information content (AvgIpc) is 2.95. The molecule has 0 fully saturated rings. The summed E-state index contributed by atoms with van der Waals surface area (Å²) in [4.78, 5) is 9.10. The van der Waals surface area contributed by atoms with E-state index in [1.54, 1.807) is 0 Å². The molecule has 0 radical (unpaired) electrons. The summed E-state index contributed by atoms with van der Waals surface area (Å²) in [6.45, 7) is 4.48. The molecule has 6 heteroatoms. The van der Waals surface area contributed by atoms with Crippen molar-refractivity contribution in [2.24, 2.45) is 0 Å². The van der Waals surface area contributed by atoms with Crippen LogP contribution in [0.2, 0.25) is 0 Å². The van der Waals surface area contributed by atoms with Crippen LogP contribution in [0.3, 0.4) is 0 Å². The lowest BCUT2D eigenvalue weighted by molar-refractivity contribution is 0.372. The molecule has 0 N–H and O–H groups in total. The minimum absolute atomic E-state index is 0.526. The number of halogens is 1. The summed E-state index contributed by atoms with van der Waals surface area (Å²) in [6.07, 6.45) is 2.54. The molecule has 0 saturated heterocycles. The van der Waals surface area contributed by atoms with Crippen molar-refractivity contribution in [2.75, 3.05) is 5.88 Å². The molecule has 0 aromatic carbocycles. The second kappa shape index (κ2) is 5.25. The van der Waals surface area contributed by atoms with Crippen molar-refractivity contribution in [1.82, 2.24) is 19.7 Å². The highest BCUT2D eigenvalue weighted by Crippen LogP contribution is 2.18. The number of hydrogen-bond acceptors (Lipinski definition) is 4. The first kappa shape index (κ1) is 13.1. The summed E-state index contributed by atoms with van der Waals surface area (Å²) >= 11 is 5.86. The Kier molecular flexibility index (Phi) is 3.44. The molecule has 0 amide bonds. The van der Waals surface area contributed by atoms with Crippen molar-refractivity contribution in [1.29, 1.82) is 0 Å². The second-order valence-corrected chi connectivity index (χ2v) is 5.22. The Balaban J connectivity index is 2.08. The van der Waals surface area contributed by atoms with E-state index in [-0.39, 0.29) is 0 Å². The first-order chi connectivity index (χ1) is 9.67. The largest absolute Gasteiger partial charge is 0.359 e. The predicted molar refractivity (Wildman–Crippen MR) is 77.0 cm³/mol. The van der Waals surface area contributed by atoms with E-state index >= 15 is 0 Å².